The van der Waals surface area contributed by atoms with Gasteiger partial charge in [-0.05, 0) is 12.8 Å². The van der Waals surface area contributed by atoms with Crippen molar-refractivity contribution in [3.05, 3.63) is 0 Å². The minimum absolute atomic E-state index is 0.0268. The van der Waals surface area contributed by atoms with Gasteiger partial charge in [-0.15, -0.1) is 0 Å². The van der Waals surface area contributed by atoms with Gasteiger partial charge in [0.2, 0.25) is 0 Å². The van der Waals surface area contributed by atoms with Crippen LogP contribution in [0.5, 0.6) is 0 Å². The molecule has 0 bridgehead atoms. The first-order valence-corrected chi connectivity index (χ1v) is 3.61. The van der Waals surface area contributed by atoms with Gasteiger partial charge < -0.3 is 14.6 Å². The number of carbonyl (C=O) groups is 1. The molecule has 1 aliphatic rings. The molecule has 2 atom stereocenters. The van der Waals surface area contributed by atoms with E-state index in [0.717, 1.165) is 6.42 Å². The minimum Gasteiger partial charge on any atom is -0.479 e. The Hall–Kier alpha value is -0.610. The molecule has 1 saturated heterocycles. The second kappa shape index (κ2) is 3.69. The van der Waals surface area contributed by atoms with Gasteiger partial charge in [-0.3, -0.25) is 0 Å². The third kappa shape index (κ3) is 2.17. The molecule has 0 aromatic heterocycles. The highest BCUT2D eigenvalue weighted by Gasteiger charge is 2.29. The average molecular weight is 160 g/mol. The third-order valence-electron chi connectivity index (χ3n) is 1.74. The highest BCUT2D eigenvalue weighted by Crippen LogP contribution is 2.19. The standard InChI is InChI=1S/C7H12O4/c1-10-4-5-2-3-6(11-5)7(8)9/h5-6H,2-4H2,1H3,(H,8,9)/t5-,6+/m1/s1. The Bertz CT molecular complexity index is 145. The maximum atomic E-state index is 10.4. The number of methoxy groups -OCH3 is 1. The van der Waals surface area contributed by atoms with Crippen molar-refractivity contribution in [3.8, 4) is 0 Å². The van der Waals surface area contributed by atoms with Crippen molar-refractivity contribution in [3.63, 3.8) is 0 Å². The van der Waals surface area contributed by atoms with E-state index in [2.05, 4.69) is 0 Å². The maximum Gasteiger partial charge on any atom is 0.332 e. The fraction of sp³-hybridized carbons (Fsp3) is 0.857. The predicted molar refractivity (Wildman–Crippen MR) is 37.4 cm³/mol. The summed E-state index contributed by atoms with van der Waals surface area (Å²) in [6, 6.07) is 0. The first kappa shape index (κ1) is 8.49. The molecule has 0 unspecified atom stereocenters. The minimum atomic E-state index is -0.872. The summed E-state index contributed by atoms with van der Waals surface area (Å²) >= 11 is 0. The molecule has 0 aromatic rings. The molecule has 1 rings (SSSR count). The van der Waals surface area contributed by atoms with Crippen LogP contribution in [0.15, 0.2) is 0 Å². The summed E-state index contributed by atoms with van der Waals surface area (Å²) in [5, 5.41) is 8.53. The summed E-state index contributed by atoms with van der Waals surface area (Å²) in [6.45, 7) is 0.490. The second-order valence-electron chi connectivity index (χ2n) is 2.62. The molecule has 0 aliphatic carbocycles. The quantitative estimate of drug-likeness (QED) is 0.643. The van der Waals surface area contributed by atoms with Gasteiger partial charge in [0.25, 0.3) is 0 Å². The van der Waals surface area contributed by atoms with E-state index in [9.17, 15) is 4.79 Å². The van der Waals surface area contributed by atoms with Crippen LogP contribution in [0.3, 0.4) is 0 Å². The molecule has 64 valence electrons. The molecule has 0 aromatic carbocycles. The van der Waals surface area contributed by atoms with Gasteiger partial charge in [0.1, 0.15) is 0 Å². The summed E-state index contributed by atoms with van der Waals surface area (Å²) in [6.07, 6.45) is 0.741. The van der Waals surface area contributed by atoms with Gasteiger partial charge in [0.15, 0.2) is 6.10 Å². The highest BCUT2D eigenvalue weighted by molar-refractivity contribution is 5.72. The number of carboxylic acids is 1. The number of hydrogen-bond acceptors (Lipinski definition) is 3. The Labute approximate surface area is 65.1 Å². The van der Waals surface area contributed by atoms with Gasteiger partial charge in [0, 0.05) is 7.11 Å². The molecule has 0 saturated carbocycles. The molecule has 0 radical (unpaired) electrons. The SMILES string of the molecule is COC[C@H]1CC[C@@H](C(=O)O)O1. The molecule has 0 amide bonds. The van der Waals surface area contributed by atoms with Gasteiger partial charge in [-0.1, -0.05) is 0 Å². The fourth-order valence-corrected chi connectivity index (χ4v) is 1.20. The topological polar surface area (TPSA) is 55.8 Å². The van der Waals surface area contributed by atoms with E-state index in [1.807, 2.05) is 0 Å². The zero-order valence-corrected chi connectivity index (χ0v) is 6.45. The van der Waals surface area contributed by atoms with Gasteiger partial charge in [0.05, 0.1) is 12.7 Å². The molecule has 1 heterocycles. The molecule has 1 aliphatic heterocycles. The Morgan fingerprint density at radius 3 is 2.91 bits per heavy atom. The van der Waals surface area contributed by atoms with Crippen LogP contribution < -0.4 is 0 Å². The molecule has 1 fully saturated rings. The summed E-state index contributed by atoms with van der Waals surface area (Å²) in [4.78, 5) is 10.4. The van der Waals surface area contributed by atoms with E-state index in [4.69, 9.17) is 14.6 Å². The zero-order valence-electron chi connectivity index (χ0n) is 6.45. The van der Waals surface area contributed by atoms with Crippen molar-refractivity contribution in [2.75, 3.05) is 13.7 Å². The molecule has 1 N–H and O–H groups in total. The van der Waals surface area contributed by atoms with Crippen LogP contribution in [0.1, 0.15) is 12.8 Å². The van der Waals surface area contributed by atoms with E-state index in [0.29, 0.717) is 13.0 Å². The zero-order chi connectivity index (χ0) is 8.27. The van der Waals surface area contributed by atoms with E-state index in [1.165, 1.54) is 0 Å². The first-order chi connectivity index (χ1) is 5.24. The summed E-state index contributed by atoms with van der Waals surface area (Å²) < 4.78 is 9.97. The molecule has 4 nitrogen and oxygen atoms in total. The Morgan fingerprint density at radius 2 is 2.45 bits per heavy atom. The maximum absolute atomic E-state index is 10.4. The second-order valence-corrected chi connectivity index (χ2v) is 2.62. The molecule has 11 heavy (non-hydrogen) atoms. The molecule has 0 spiro atoms. The third-order valence-corrected chi connectivity index (χ3v) is 1.74. The van der Waals surface area contributed by atoms with E-state index in [-0.39, 0.29) is 6.10 Å². The summed E-state index contributed by atoms with van der Waals surface area (Å²) in [5.41, 5.74) is 0. The number of carboxylic acid groups (broad SMARTS) is 1. The van der Waals surface area contributed by atoms with Gasteiger partial charge in [-0.2, -0.15) is 0 Å². The van der Waals surface area contributed by atoms with Crippen molar-refractivity contribution in [1.29, 1.82) is 0 Å². The van der Waals surface area contributed by atoms with Crippen molar-refractivity contribution in [2.45, 2.75) is 25.0 Å². The van der Waals surface area contributed by atoms with Crippen LogP contribution in [0.2, 0.25) is 0 Å². The molecule has 4 heteroatoms. The molecular weight excluding hydrogens is 148 g/mol. The monoisotopic (exact) mass is 160 g/mol. The van der Waals surface area contributed by atoms with Crippen molar-refractivity contribution in [2.24, 2.45) is 0 Å². The van der Waals surface area contributed by atoms with E-state index < -0.39 is 12.1 Å². The van der Waals surface area contributed by atoms with Crippen LogP contribution in [0.25, 0.3) is 0 Å². The first-order valence-electron chi connectivity index (χ1n) is 3.61. The number of aliphatic carboxylic acids is 1. The van der Waals surface area contributed by atoms with Crippen molar-refractivity contribution in [1.82, 2.24) is 0 Å². The van der Waals surface area contributed by atoms with Crippen LogP contribution in [-0.2, 0) is 14.3 Å². The Balaban J connectivity index is 2.29. The Kier molecular flexibility index (Phi) is 2.84. The van der Waals surface area contributed by atoms with E-state index >= 15 is 0 Å². The summed E-state index contributed by atoms with van der Waals surface area (Å²) in [5.74, 6) is -0.872. The van der Waals surface area contributed by atoms with Gasteiger partial charge in [-0.25, -0.2) is 4.79 Å². The smallest absolute Gasteiger partial charge is 0.332 e. The number of rotatable bonds is 3. The average Bonchev–Trinajstić information content (AvgIpc) is 2.37. The lowest BCUT2D eigenvalue weighted by molar-refractivity contribution is -0.150. The van der Waals surface area contributed by atoms with Crippen LogP contribution in [-0.4, -0.2) is 37.0 Å². The van der Waals surface area contributed by atoms with Crippen LogP contribution in [0.4, 0.5) is 0 Å². The van der Waals surface area contributed by atoms with Crippen LogP contribution >= 0.6 is 0 Å². The lowest BCUT2D eigenvalue weighted by Crippen LogP contribution is -2.22. The predicted octanol–water partition coefficient (Wildman–Crippen LogP) is 0.265. The van der Waals surface area contributed by atoms with Crippen molar-refractivity contribution >= 4 is 5.97 Å². The van der Waals surface area contributed by atoms with Crippen LogP contribution in [0, 0.1) is 0 Å². The van der Waals surface area contributed by atoms with Crippen molar-refractivity contribution < 1.29 is 19.4 Å². The lowest BCUT2D eigenvalue weighted by atomic mass is 10.2. The van der Waals surface area contributed by atoms with E-state index in [1.54, 1.807) is 7.11 Å². The number of ether oxygens (including phenoxy) is 2. The highest BCUT2D eigenvalue weighted by atomic mass is 16.6. The largest absolute Gasteiger partial charge is 0.479 e. The number of hydrogen-bond donors (Lipinski definition) is 1. The fourth-order valence-electron chi connectivity index (χ4n) is 1.20. The molecular formula is C7H12O4. The normalized spacial score (nSPS) is 30.6. The summed E-state index contributed by atoms with van der Waals surface area (Å²) in [7, 11) is 1.58. The lowest BCUT2D eigenvalue weighted by Gasteiger charge is -2.08. The Morgan fingerprint density at radius 1 is 1.73 bits per heavy atom. The van der Waals surface area contributed by atoms with Gasteiger partial charge >= 0.3 is 5.97 Å².